The van der Waals surface area contributed by atoms with Crippen molar-refractivity contribution in [1.29, 1.82) is 5.26 Å². The topological polar surface area (TPSA) is 44.1 Å². The Kier molecular flexibility index (Phi) is 4.97. The number of benzene rings is 2. The monoisotopic (exact) mass is 298 g/mol. The van der Waals surface area contributed by atoms with Gasteiger partial charge in [0.2, 0.25) is 5.91 Å². The first-order chi connectivity index (χ1) is 10.1. The van der Waals surface area contributed by atoms with Crippen molar-refractivity contribution in [3.05, 3.63) is 70.7 Å². The number of likely N-dealkylation sites (N-methyl/N-ethyl adjacent to an activating group) is 1. The van der Waals surface area contributed by atoms with Gasteiger partial charge in [0, 0.05) is 18.6 Å². The molecule has 1 amide bonds. The van der Waals surface area contributed by atoms with Crippen LogP contribution in [-0.2, 0) is 11.3 Å². The Morgan fingerprint density at radius 2 is 1.95 bits per heavy atom. The molecule has 0 heterocycles. The quantitative estimate of drug-likeness (QED) is 0.865. The van der Waals surface area contributed by atoms with Gasteiger partial charge in [-0.15, -0.1) is 0 Å². The van der Waals surface area contributed by atoms with Crippen molar-refractivity contribution in [1.82, 2.24) is 4.90 Å². The predicted molar refractivity (Wildman–Crippen MR) is 82.7 cm³/mol. The number of nitriles is 1. The van der Waals surface area contributed by atoms with E-state index in [1.165, 1.54) is 0 Å². The number of rotatable bonds is 4. The first-order valence-corrected chi connectivity index (χ1v) is 6.93. The lowest BCUT2D eigenvalue weighted by Gasteiger charge is -2.20. The summed E-state index contributed by atoms with van der Waals surface area (Å²) in [5, 5.41) is 9.92. The van der Waals surface area contributed by atoms with E-state index in [-0.39, 0.29) is 5.91 Å². The van der Waals surface area contributed by atoms with Gasteiger partial charge < -0.3 is 4.90 Å². The zero-order valence-electron chi connectivity index (χ0n) is 11.7. The molecule has 1 unspecified atom stereocenters. The predicted octanol–water partition coefficient (Wildman–Crippen LogP) is 3.61. The highest BCUT2D eigenvalue weighted by Gasteiger charge is 2.23. The Labute approximate surface area is 129 Å². The molecule has 2 aromatic rings. The van der Waals surface area contributed by atoms with E-state index >= 15 is 0 Å². The molecule has 0 spiro atoms. The number of nitrogens with zero attached hydrogens (tertiary/aromatic N) is 2. The molecule has 0 aliphatic rings. The van der Waals surface area contributed by atoms with E-state index in [4.69, 9.17) is 11.6 Å². The number of amides is 1. The fourth-order valence-electron chi connectivity index (χ4n) is 2.13. The Hall–Kier alpha value is -2.31. The van der Waals surface area contributed by atoms with Gasteiger partial charge >= 0.3 is 0 Å². The highest BCUT2D eigenvalue weighted by molar-refractivity contribution is 6.30. The molecule has 0 radical (unpaired) electrons. The molecule has 4 heteroatoms. The van der Waals surface area contributed by atoms with Crippen molar-refractivity contribution < 1.29 is 4.79 Å². The first-order valence-electron chi connectivity index (χ1n) is 6.56. The Balaban J connectivity index is 2.13. The van der Waals surface area contributed by atoms with Crippen molar-refractivity contribution in [2.45, 2.75) is 12.5 Å². The molecule has 1 atom stereocenters. The van der Waals surface area contributed by atoms with Crippen LogP contribution in [0.5, 0.6) is 0 Å². The molecule has 2 aromatic carbocycles. The van der Waals surface area contributed by atoms with E-state index in [1.807, 2.05) is 36.4 Å². The van der Waals surface area contributed by atoms with E-state index in [0.29, 0.717) is 17.1 Å². The van der Waals surface area contributed by atoms with Crippen LogP contribution >= 0.6 is 11.6 Å². The smallest absolute Gasteiger partial charge is 0.244 e. The summed E-state index contributed by atoms with van der Waals surface area (Å²) < 4.78 is 0. The summed E-state index contributed by atoms with van der Waals surface area (Å²) in [6, 6.07) is 18.5. The minimum Gasteiger partial charge on any atom is -0.340 e. The summed E-state index contributed by atoms with van der Waals surface area (Å²) in [6.45, 7) is 0.421. The summed E-state index contributed by atoms with van der Waals surface area (Å²) in [5.74, 6) is -1.00. The average molecular weight is 299 g/mol. The van der Waals surface area contributed by atoms with Gasteiger partial charge in [-0.25, -0.2) is 0 Å². The number of hydrogen-bond acceptors (Lipinski definition) is 2. The van der Waals surface area contributed by atoms with E-state index < -0.39 is 5.92 Å². The summed E-state index contributed by atoms with van der Waals surface area (Å²) >= 11 is 5.94. The third-order valence-corrected chi connectivity index (χ3v) is 3.43. The second kappa shape index (κ2) is 6.92. The molecule has 106 valence electrons. The fraction of sp³-hybridized carbons (Fsp3) is 0.176. The largest absolute Gasteiger partial charge is 0.340 e. The molecular formula is C17H15ClN2O. The normalized spacial score (nSPS) is 11.5. The first kappa shape index (κ1) is 15.1. The SMILES string of the molecule is CN(Cc1cccc(Cl)c1)C(=O)C(C#N)c1ccccc1. The maximum Gasteiger partial charge on any atom is 0.244 e. The van der Waals surface area contributed by atoms with Gasteiger partial charge in [-0.05, 0) is 23.3 Å². The lowest BCUT2D eigenvalue weighted by molar-refractivity contribution is -0.130. The minimum atomic E-state index is -0.782. The molecule has 0 bridgehead atoms. The lowest BCUT2D eigenvalue weighted by Crippen LogP contribution is -2.30. The summed E-state index contributed by atoms with van der Waals surface area (Å²) in [6.07, 6.45) is 0. The minimum absolute atomic E-state index is 0.219. The van der Waals surface area contributed by atoms with Gasteiger partial charge in [0.05, 0.1) is 6.07 Å². The third-order valence-electron chi connectivity index (χ3n) is 3.19. The second-order valence-corrected chi connectivity index (χ2v) is 5.23. The van der Waals surface area contributed by atoms with Crippen molar-refractivity contribution in [3.8, 4) is 6.07 Å². The van der Waals surface area contributed by atoms with Crippen molar-refractivity contribution in [2.75, 3.05) is 7.05 Å². The molecule has 3 nitrogen and oxygen atoms in total. The standard InChI is InChI=1S/C17H15ClN2O/c1-20(12-13-6-5-9-15(18)10-13)17(21)16(11-19)14-7-3-2-4-8-14/h2-10,16H,12H2,1H3. The fourth-order valence-corrected chi connectivity index (χ4v) is 2.34. The number of hydrogen-bond donors (Lipinski definition) is 0. The average Bonchev–Trinajstić information content (AvgIpc) is 2.49. The highest BCUT2D eigenvalue weighted by atomic mass is 35.5. The summed E-state index contributed by atoms with van der Waals surface area (Å²) in [7, 11) is 1.69. The molecule has 0 saturated carbocycles. The van der Waals surface area contributed by atoms with E-state index in [1.54, 1.807) is 30.1 Å². The summed E-state index contributed by atoms with van der Waals surface area (Å²) in [5.41, 5.74) is 1.64. The molecule has 0 saturated heterocycles. The van der Waals surface area contributed by atoms with E-state index in [0.717, 1.165) is 5.56 Å². The zero-order valence-corrected chi connectivity index (χ0v) is 12.4. The maximum absolute atomic E-state index is 12.4. The van der Waals surface area contributed by atoms with Gasteiger partial charge in [0.1, 0.15) is 5.92 Å². The van der Waals surface area contributed by atoms with Crippen LogP contribution in [0.1, 0.15) is 17.0 Å². The van der Waals surface area contributed by atoms with Crippen LogP contribution in [0.15, 0.2) is 54.6 Å². The van der Waals surface area contributed by atoms with Crippen molar-refractivity contribution >= 4 is 17.5 Å². The third kappa shape index (κ3) is 3.84. The van der Waals surface area contributed by atoms with Crippen molar-refractivity contribution in [3.63, 3.8) is 0 Å². The van der Waals surface area contributed by atoms with Crippen LogP contribution in [-0.4, -0.2) is 17.9 Å². The maximum atomic E-state index is 12.4. The van der Waals surface area contributed by atoms with E-state index in [2.05, 4.69) is 6.07 Å². The van der Waals surface area contributed by atoms with Gasteiger partial charge in [0.25, 0.3) is 0 Å². The molecular weight excluding hydrogens is 284 g/mol. The molecule has 0 aliphatic carbocycles. The Morgan fingerprint density at radius 1 is 1.24 bits per heavy atom. The lowest BCUT2D eigenvalue weighted by atomic mass is 9.99. The van der Waals surface area contributed by atoms with Gasteiger partial charge in [-0.3, -0.25) is 4.79 Å². The summed E-state index contributed by atoms with van der Waals surface area (Å²) in [4.78, 5) is 14.0. The molecule has 0 N–H and O–H groups in total. The van der Waals surface area contributed by atoms with Gasteiger partial charge in [-0.1, -0.05) is 54.1 Å². The number of carbonyl (C=O) groups excluding carboxylic acids is 1. The van der Waals surface area contributed by atoms with E-state index in [9.17, 15) is 10.1 Å². The zero-order chi connectivity index (χ0) is 15.2. The number of halogens is 1. The number of carbonyl (C=O) groups is 1. The van der Waals surface area contributed by atoms with Crippen LogP contribution in [0.25, 0.3) is 0 Å². The van der Waals surface area contributed by atoms with Gasteiger partial charge in [0.15, 0.2) is 0 Å². The van der Waals surface area contributed by atoms with Crippen molar-refractivity contribution in [2.24, 2.45) is 0 Å². The second-order valence-electron chi connectivity index (χ2n) is 4.80. The van der Waals surface area contributed by atoms with Crippen LogP contribution in [0.4, 0.5) is 0 Å². The highest BCUT2D eigenvalue weighted by Crippen LogP contribution is 2.19. The Morgan fingerprint density at radius 3 is 2.57 bits per heavy atom. The molecule has 21 heavy (non-hydrogen) atoms. The molecule has 0 aromatic heterocycles. The Bertz CT molecular complexity index is 664. The molecule has 0 aliphatic heterocycles. The van der Waals surface area contributed by atoms with Crippen LogP contribution in [0, 0.1) is 11.3 Å². The van der Waals surface area contributed by atoms with Crippen LogP contribution < -0.4 is 0 Å². The molecule has 0 fully saturated rings. The molecule has 2 rings (SSSR count). The van der Waals surface area contributed by atoms with Crippen LogP contribution in [0.2, 0.25) is 5.02 Å². The van der Waals surface area contributed by atoms with Gasteiger partial charge in [-0.2, -0.15) is 5.26 Å². The van der Waals surface area contributed by atoms with Crippen LogP contribution in [0.3, 0.4) is 0 Å².